The second kappa shape index (κ2) is 5.08. The molecule has 0 bridgehead atoms. The van der Waals surface area contributed by atoms with Crippen molar-refractivity contribution in [2.24, 2.45) is 0 Å². The molecule has 72 valence electrons. The topological polar surface area (TPSA) is 27.0 Å². The van der Waals surface area contributed by atoms with Crippen LogP contribution in [0.25, 0.3) is 6.08 Å². The summed E-state index contributed by atoms with van der Waals surface area (Å²) in [6.45, 7) is 3.11. The Morgan fingerprint density at radius 2 is 2.00 bits per heavy atom. The smallest absolute Gasteiger partial charge is 0.0912 e. The van der Waals surface area contributed by atoms with Crippen LogP contribution < -0.4 is 4.90 Å². The van der Waals surface area contributed by atoms with Crippen LogP contribution in [0.1, 0.15) is 12.5 Å². The van der Waals surface area contributed by atoms with E-state index in [9.17, 15) is 0 Å². The molecule has 14 heavy (non-hydrogen) atoms. The number of hydrogen-bond donors (Lipinski definition) is 0. The number of hydrogen-bond acceptors (Lipinski definition) is 2. The highest BCUT2D eigenvalue weighted by Gasteiger charge is 1.95. The lowest BCUT2D eigenvalue weighted by molar-refractivity contribution is 0.968. The van der Waals surface area contributed by atoms with E-state index >= 15 is 0 Å². The van der Waals surface area contributed by atoms with Crippen molar-refractivity contribution in [2.75, 3.05) is 18.5 Å². The molecule has 1 aromatic carbocycles. The fourth-order valence-electron chi connectivity index (χ4n) is 1.16. The highest BCUT2D eigenvalue weighted by molar-refractivity contribution is 5.56. The Kier molecular flexibility index (Phi) is 3.75. The van der Waals surface area contributed by atoms with Gasteiger partial charge in [0.2, 0.25) is 0 Å². The molecule has 0 aliphatic heterocycles. The average Bonchev–Trinajstić information content (AvgIpc) is 2.26. The second-order valence-corrected chi connectivity index (χ2v) is 3.07. The minimum Gasteiger partial charge on any atom is -0.375 e. The number of nitriles is 1. The summed E-state index contributed by atoms with van der Waals surface area (Å²) in [6.07, 6.45) is 3.29. The van der Waals surface area contributed by atoms with E-state index in [-0.39, 0.29) is 0 Å². The van der Waals surface area contributed by atoms with Crippen molar-refractivity contribution in [3.63, 3.8) is 0 Å². The average molecular weight is 186 g/mol. The standard InChI is InChI=1S/C12H14N2/c1-3-14(2)12-8-6-11(7-9-12)5-4-10-13/h4-9H,3H2,1-2H3/b5-4+. The molecule has 1 aromatic rings. The number of allylic oxidation sites excluding steroid dienone is 1. The molecule has 0 atom stereocenters. The monoisotopic (exact) mass is 186 g/mol. The first-order valence-corrected chi connectivity index (χ1v) is 4.65. The van der Waals surface area contributed by atoms with Gasteiger partial charge in [-0.15, -0.1) is 0 Å². The van der Waals surface area contributed by atoms with Crippen LogP contribution in [-0.2, 0) is 0 Å². The first kappa shape index (κ1) is 10.3. The van der Waals surface area contributed by atoms with Gasteiger partial charge in [0.25, 0.3) is 0 Å². The van der Waals surface area contributed by atoms with Crippen molar-refractivity contribution in [2.45, 2.75) is 6.92 Å². The van der Waals surface area contributed by atoms with Gasteiger partial charge in [0.05, 0.1) is 6.07 Å². The number of nitrogens with zero attached hydrogens (tertiary/aromatic N) is 2. The molecular formula is C12H14N2. The van der Waals surface area contributed by atoms with Gasteiger partial charge in [0, 0.05) is 25.4 Å². The Bertz CT molecular complexity index is 344. The fraction of sp³-hybridized carbons (Fsp3) is 0.250. The number of benzene rings is 1. The highest BCUT2D eigenvalue weighted by atomic mass is 15.1. The molecule has 0 aliphatic rings. The summed E-state index contributed by atoms with van der Waals surface area (Å²) in [5, 5.41) is 8.36. The van der Waals surface area contributed by atoms with Crippen molar-refractivity contribution in [1.82, 2.24) is 0 Å². The van der Waals surface area contributed by atoms with Gasteiger partial charge in [-0.3, -0.25) is 0 Å². The maximum atomic E-state index is 8.36. The molecule has 0 radical (unpaired) electrons. The van der Waals surface area contributed by atoms with Crippen molar-refractivity contribution >= 4 is 11.8 Å². The van der Waals surface area contributed by atoms with Gasteiger partial charge in [-0.05, 0) is 30.7 Å². The predicted octanol–water partition coefficient (Wildman–Crippen LogP) is 2.68. The second-order valence-electron chi connectivity index (χ2n) is 3.07. The van der Waals surface area contributed by atoms with Gasteiger partial charge < -0.3 is 4.90 Å². The molecule has 1 rings (SSSR count). The van der Waals surface area contributed by atoms with E-state index in [1.54, 1.807) is 6.08 Å². The van der Waals surface area contributed by atoms with E-state index in [0.717, 1.165) is 12.1 Å². The van der Waals surface area contributed by atoms with Crippen LogP contribution in [0.4, 0.5) is 5.69 Å². The third kappa shape index (κ3) is 2.63. The molecule has 0 saturated carbocycles. The Balaban J connectivity index is 2.79. The molecular weight excluding hydrogens is 172 g/mol. The van der Waals surface area contributed by atoms with Crippen LogP contribution in [0.3, 0.4) is 0 Å². The number of anilines is 1. The third-order valence-corrected chi connectivity index (χ3v) is 2.16. The Morgan fingerprint density at radius 1 is 1.36 bits per heavy atom. The fourth-order valence-corrected chi connectivity index (χ4v) is 1.16. The molecule has 0 unspecified atom stereocenters. The zero-order chi connectivity index (χ0) is 10.4. The summed E-state index contributed by atoms with van der Waals surface area (Å²) in [5.74, 6) is 0. The maximum Gasteiger partial charge on any atom is 0.0912 e. The molecule has 0 amide bonds. The van der Waals surface area contributed by atoms with E-state index in [4.69, 9.17) is 5.26 Å². The zero-order valence-corrected chi connectivity index (χ0v) is 8.57. The first-order valence-electron chi connectivity index (χ1n) is 4.65. The lowest BCUT2D eigenvalue weighted by Crippen LogP contribution is -2.15. The molecule has 2 heteroatoms. The summed E-state index contributed by atoms with van der Waals surface area (Å²) >= 11 is 0. The SMILES string of the molecule is CCN(C)c1ccc(/C=C/C#N)cc1. The molecule has 0 heterocycles. The molecule has 0 aromatic heterocycles. The van der Waals surface area contributed by atoms with Gasteiger partial charge in [-0.25, -0.2) is 0 Å². The zero-order valence-electron chi connectivity index (χ0n) is 8.57. The molecule has 2 nitrogen and oxygen atoms in total. The molecule has 0 spiro atoms. The summed E-state index contributed by atoms with van der Waals surface area (Å²) in [6, 6.07) is 10.1. The minimum absolute atomic E-state index is 0.993. The Labute approximate surface area is 85.1 Å². The van der Waals surface area contributed by atoms with Crippen LogP contribution in [0, 0.1) is 11.3 Å². The van der Waals surface area contributed by atoms with Gasteiger partial charge in [0.15, 0.2) is 0 Å². The Morgan fingerprint density at radius 3 is 2.50 bits per heavy atom. The van der Waals surface area contributed by atoms with Crippen LogP contribution in [0.2, 0.25) is 0 Å². The van der Waals surface area contributed by atoms with Crippen molar-refractivity contribution < 1.29 is 0 Å². The van der Waals surface area contributed by atoms with Crippen LogP contribution in [0.15, 0.2) is 30.3 Å². The van der Waals surface area contributed by atoms with E-state index in [2.05, 4.69) is 31.0 Å². The van der Waals surface area contributed by atoms with Crippen LogP contribution in [0.5, 0.6) is 0 Å². The van der Waals surface area contributed by atoms with E-state index < -0.39 is 0 Å². The van der Waals surface area contributed by atoms with E-state index in [1.807, 2.05) is 18.2 Å². The molecule has 0 N–H and O–H groups in total. The Hall–Kier alpha value is -1.75. The number of rotatable bonds is 3. The van der Waals surface area contributed by atoms with Crippen molar-refractivity contribution in [3.8, 4) is 6.07 Å². The predicted molar refractivity (Wildman–Crippen MR) is 60.0 cm³/mol. The minimum atomic E-state index is 0.993. The summed E-state index contributed by atoms with van der Waals surface area (Å²) in [5.41, 5.74) is 2.25. The van der Waals surface area contributed by atoms with E-state index in [0.29, 0.717) is 0 Å². The van der Waals surface area contributed by atoms with Crippen molar-refractivity contribution in [1.29, 1.82) is 5.26 Å². The van der Waals surface area contributed by atoms with Gasteiger partial charge in [-0.1, -0.05) is 12.1 Å². The quantitative estimate of drug-likeness (QED) is 0.678. The summed E-state index contributed by atoms with van der Waals surface area (Å²) in [4.78, 5) is 2.16. The van der Waals surface area contributed by atoms with E-state index in [1.165, 1.54) is 11.8 Å². The van der Waals surface area contributed by atoms with Crippen molar-refractivity contribution in [3.05, 3.63) is 35.9 Å². The first-order chi connectivity index (χ1) is 6.77. The largest absolute Gasteiger partial charge is 0.375 e. The molecule has 0 aliphatic carbocycles. The molecule has 0 fully saturated rings. The summed E-state index contributed by atoms with van der Waals surface area (Å²) < 4.78 is 0. The van der Waals surface area contributed by atoms with Crippen LogP contribution in [-0.4, -0.2) is 13.6 Å². The van der Waals surface area contributed by atoms with Gasteiger partial charge >= 0.3 is 0 Å². The summed E-state index contributed by atoms with van der Waals surface area (Å²) in [7, 11) is 2.06. The van der Waals surface area contributed by atoms with Gasteiger partial charge in [0.1, 0.15) is 0 Å². The highest BCUT2D eigenvalue weighted by Crippen LogP contribution is 2.13. The maximum absolute atomic E-state index is 8.36. The van der Waals surface area contributed by atoms with Crippen LogP contribution >= 0.6 is 0 Å². The normalized spacial score (nSPS) is 10.1. The molecule has 0 saturated heterocycles. The lowest BCUT2D eigenvalue weighted by atomic mass is 10.2. The van der Waals surface area contributed by atoms with Gasteiger partial charge in [-0.2, -0.15) is 5.26 Å². The lowest BCUT2D eigenvalue weighted by Gasteiger charge is -2.16. The third-order valence-electron chi connectivity index (χ3n) is 2.16.